The van der Waals surface area contributed by atoms with Crippen molar-refractivity contribution in [3.8, 4) is 0 Å². The maximum Gasteiger partial charge on any atom is 0.362 e. The molecule has 14 N–H and O–H groups in total. The van der Waals surface area contributed by atoms with E-state index in [2.05, 4.69) is 29.9 Å². The molecule has 3 aliphatic heterocycles. The fraction of sp³-hybridized carbons (Fsp3) is 0.645. The van der Waals surface area contributed by atoms with Crippen molar-refractivity contribution in [1.82, 2.24) is 45.2 Å². The van der Waals surface area contributed by atoms with Crippen LogP contribution in [0, 0.1) is 31.1 Å². The fourth-order valence-electron chi connectivity index (χ4n) is 6.49. The zero-order valence-electron chi connectivity index (χ0n) is 36.1. The molecule has 4 aromatic heterocycles. The van der Waals surface area contributed by atoms with Gasteiger partial charge in [-0.15, -0.1) is 0 Å². The Morgan fingerprint density at radius 1 is 0.984 bits per heavy atom. The molecule has 27 nitrogen and oxygen atoms in total. The van der Waals surface area contributed by atoms with Gasteiger partial charge in [-0.1, -0.05) is 11.6 Å². The Labute approximate surface area is 389 Å². The molecule has 0 amide bonds. The van der Waals surface area contributed by atoms with Crippen LogP contribution in [0.15, 0.2) is 17.4 Å². The molecule has 352 valence electrons. The summed E-state index contributed by atoms with van der Waals surface area (Å²) in [6.45, 7) is 12.1. The number of ether oxygens (including phenoxy) is 4. The van der Waals surface area contributed by atoms with Gasteiger partial charge in [0.2, 0.25) is 11.9 Å². The maximum absolute atomic E-state index is 13.9. The summed E-state index contributed by atoms with van der Waals surface area (Å²) in [6.07, 6.45) is -4.09. The van der Waals surface area contributed by atoms with E-state index in [-0.39, 0.29) is 90.8 Å². The van der Waals surface area contributed by atoms with E-state index in [1.165, 1.54) is 17.8 Å². The number of fused-ring (bicyclic) bond motifs is 3. The monoisotopic (exact) mass is 1200 g/mol. The molecule has 0 aromatic carbocycles. The number of nitrogens with two attached hydrogens (primary N) is 3. The summed E-state index contributed by atoms with van der Waals surface area (Å²) in [5.41, 5.74) is 12.8. The van der Waals surface area contributed by atoms with E-state index in [1.54, 1.807) is 57.9 Å². The Kier molecular flexibility index (Phi) is 18.3. The number of aliphatic hydroxyl groups is 2. The third-order valence-corrected chi connectivity index (χ3v) is 13.3. The Hall–Kier alpha value is -2.28. The molecule has 7 heterocycles. The average molecular weight is 1200 g/mol. The van der Waals surface area contributed by atoms with Gasteiger partial charge in [-0.25, -0.2) is 9.97 Å². The zero-order valence-corrected chi connectivity index (χ0v) is 42.8. The second-order valence-corrected chi connectivity index (χ2v) is 20.3. The molecule has 0 aliphatic carbocycles. The average Bonchev–Trinajstić information content (AvgIpc) is 3.95. The maximum atomic E-state index is 13.9. The number of rotatable bonds is 12. The van der Waals surface area contributed by atoms with Gasteiger partial charge in [0.15, 0.2) is 54.7 Å². The molecule has 3 aliphatic rings. The van der Waals surface area contributed by atoms with E-state index in [4.69, 9.17) is 57.4 Å². The number of nitrogens with one attached hydrogen (secondary N) is 1. The Morgan fingerprint density at radius 3 is 2.02 bits per heavy atom. The van der Waals surface area contributed by atoms with Gasteiger partial charge >= 0.3 is 7.60 Å². The van der Waals surface area contributed by atoms with Crippen LogP contribution in [0.2, 0.25) is 6.56 Å². The van der Waals surface area contributed by atoms with Crippen LogP contribution in [0.4, 0.5) is 11.9 Å². The van der Waals surface area contributed by atoms with E-state index in [0.717, 1.165) is 0 Å². The minimum Gasteiger partial charge on any atom is -0.777 e. The molecular weight excluding hydrogens is 1150 g/mol. The van der Waals surface area contributed by atoms with Crippen molar-refractivity contribution < 1.29 is 99.0 Å². The van der Waals surface area contributed by atoms with Crippen LogP contribution in [-0.2, 0) is 59.6 Å². The number of aliphatic hydroxyl groups excluding tert-OH is 2. The summed E-state index contributed by atoms with van der Waals surface area (Å²) in [7, 11) is -11.1. The number of quaternary nitrogens is 1. The largest absolute Gasteiger partial charge is 0.777 e. The zero-order chi connectivity index (χ0) is 46.2. The first kappa shape index (κ1) is 53.3. The van der Waals surface area contributed by atoms with E-state index >= 15 is 0 Å². The van der Waals surface area contributed by atoms with E-state index < -0.39 is 88.3 Å². The molecule has 4 aromatic rings. The first-order valence-corrected chi connectivity index (χ1v) is 23.4. The second kappa shape index (κ2) is 21.6. The van der Waals surface area contributed by atoms with Gasteiger partial charge < -0.3 is 83.9 Å². The topological polar surface area (TPSA) is 429 Å². The van der Waals surface area contributed by atoms with Crippen molar-refractivity contribution in [2.45, 2.75) is 128 Å². The number of carbonyl (C=O) groups is 1. The summed E-state index contributed by atoms with van der Waals surface area (Å²) in [5.74, 6) is -3.88. The number of hydrogen-bond acceptors (Lipinski definition) is 21. The van der Waals surface area contributed by atoms with Crippen molar-refractivity contribution in [3.05, 3.63) is 28.2 Å². The summed E-state index contributed by atoms with van der Waals surface area (Å²) >= 11 is 6.15. The summed E-state index contributed by atoms with van der Waals surface area (Å²) in [4.78, 5) is 64.2. The number of halogens is 1. The van der Waals surface area contributed by atoms with Gasteiger partial charge in [-0.05, 0) is 41.5 Å². The second-order valence-electron chi connectivity index (χ2n) is 14.9. The molecule has 2 unspecified atom stereocenters. The number of nitrogen functional groups attached to an aromatic ring is 2. The van der Waals surface area contributed by atoms with Crippen LogP contribution in [0.3, 0.4) is 0 Å². The van der Waals surface area contributed by atoms with Crippen molar-refractivity contribution in [2.75, 3.05) is 11.5 Å². The van der Waals surface area contributed by atoms with Crippen molar-refractivity contribution in [2.24, 2.45) is 5.50 Å². The van der Waals surface area contributed by atoms with E-state index in [0.29, 0.717) is 11.2 Å². The molecule has 0 saturated carbocycles. The van der Waals surface area contributed by atoms with Gasteiger partial charge in [-0.2, -0.15) is 15.0 Å². The molecule has 3 saturated heterocycles. The summed E-state index contributed by atoms with van der Waals surface area (Å²) in [5, 5.41) is 19.7. The summed E-state index contributed by atoms with van der Waals surface area (Å²) in [6, 6.07) is 0. The molecule has 7 rings (SSSR count). The van der Waals surface area contributed by atoms with Gasteiger partial charge in [0.25, 0.3) is 5.56 Å². The minimum atomic E-state index is -5.00. The van der Waals surface area contributed by atoms with Gasteiger partial charge in [-0.3, -0.25) is 24.6 Å². The molecule has 0 spiro atoms. The first-order valence-electron chi connectivity index (χ1n) is 18.8. The van der Waals surface area contributed by atoms with Crippen molar-refractivity contribution >= 4 is 74.5 Å². The number of hydrogen-bond donors (Lipinski definition) is 8. The molecule has 32 heteroatoms. The number of carbonyl (C=O) groups excluding carboxylic acids is 1. The van der Waals surface area contributed by atoms with E-state index in [1.807, 2.05) is 0 Å². The molecule has 0 bridgehead atoms. The first-order chi connectivity index (χ1) is 28.7. The van der Waals surface area contributed by atoms with Crippen molar-refractivity contribution in [1.29, 1.82) is 0 Å². The third kappa shape index (κ3) is 13.0. The van der Waals surface area contributed by atoms with Gasteiger partial charge in [0.05, 0.1) is 38.0 Å². The smallest absolute Gasteiger partial charge is 0.362 e. The molecule has 10 atom stereocenters. The molecule has 0 radical (unpaired) electrons. The predicted molar refractivity (Wildman–Crippen MR) is 220 cm³/mol. The molecule has 3 fully saturated rings. The summed E-state index contributed by atoms with van der Waals surface area (Å²) < 4.78 is 79.4. The van der Waals surface area contributed by atoms with Gasteiger partial charge in [0.1, 0.15) is 49.4 Å². The van der Waals surface area contributed by atoms with E-state index in [9.17, 15) is 38.4 Å². The molecule has 63 heavy (non-hydrogen) atoms. The van der Waals surface area contributed by atoms with Crippen LogP contribution in [-0.4, -0.2) is 126 Å². The van der Waals surface area contributed by atoms with Crippen LogP contribution in [0.1, 0.15) is 48.5 Å². The number of nitrogens with zero attached hydrogens (tertiary/aromatic N) is 7. The quantitative estimate of drug-likeness (QED) is 0.0702. The normalized spacial score (nSPS) is 26.7. The number of anilines is 2. The van der Waals surface area contributed by atoms with Crippen LogP contribution in [0.5, 0.6) is 0 Å². The number of aromatic nitrogens is 8. The van der Waals surface area contributed by atoms with Crippen LogP contribution < -0.4 is 33.6 Å². The third-order valence-electron chi connectivity index (χ3n) is 8.82. The SMILES string of the molecule is CC(C)OP(=O)(OC(C)C)[C@@H]1O[C@H](Cn2cnc3c(Cl)nc(N)nc32)[C@H]2OC(C)(C)O[C@H]21.Nc1nc2c(ncn2C[C@H]2O[C@@H](P(=O)([O-])O)[C@H](O)[C@@H]2O)c(=O)[nH]1.[2H]N[PH](=O)C(C)=O.[NH4+].[U]. The van der Waals surface area contributed by atoms with Crippen molar-refractivity contribution in [3.63, 3.8) is 0 Å². The number of H-pyrrole nitrogens is 1. The van der Waals surface area contributed by atoms with Crippen LogP contribution in [0.25, 0.3) is 22.3 Å². The van der Waals surface area contributed by atoms with Crippen LogP contribution >= 0.6 is 34.7 Å². The number of imidazole rings is 2. The predicted octanol–water partition coefficient (Wildman–Crippen LogP) is 0.387. The Morgan fingerprint density at radius 2 is 1.51 bits per heavy atom. The number of aromatic amines is 1. The fourth-order valence-corrected chi connectivity index (χ4v) is 9.95. The Balaban J connectivity index is 0.000000298. The Bertz CT molecular complexity index is 2430. The minimum absolute atomic E-state index is 0. The van der Waals surface area contributed by atoms with Gasteiger partial charge in [0, 0.05) is 38.0 Å². The molecular formula is C31H52ClN12O15P3U. The standard InChI is InChI=1S/C19H29ClN5O6P.C10H14N5O7P.C2H6NO2P.H3N.U/c1-9(2)30-32(26,31-10(3)4)17-14-13(28-19(5,6)29-14)11(27-17)7-25-8-22-12-15(20)23-18(21)24-16(12)25;11-10-13-7-4(8(18)14-10)12-2-15(7)1-3-5(16)6(17)9(22-3)23(19,20)21;1-2(4)6(3)5;;/h8-11,13-14,17H,7H2,1-6H3,(H2,21,23,24);2-3,5-6,9,16-17H,1H2,(H2,19,20,21)(H3,11,13,14,18);6H,1H3,(H2,3,5);1H3;/t11-,13-,14-,17+;3-,5-,6-,9+;;;/m11.../s1/i/hD.